The molecule has 0 rings (SSSR count). The Kier molecular flexibility index (Phi) is 56.2. The van der Waals surface area contributed by atoms with E-state index in [1.807, 2.05) is 0 Å². The quantitative estimate of drug-likeness (QED) is 0.0421. The largest absolute Gasteiger partial charge is 0.103 e. The third kappa shape index (κ3) is 46.4. The van der Waals surface area contributed by atoms with E-state index in [1.54, 1.807) is 24.2 Å². The molecular formula is C96H188Si13. The summed E-state index contributed by atoms with van der Waals surface area (Å²) in [5.41, 5.74) is 0. The first-order chi connectivity index (χ1) is 51.5. The first-order valence-corrected chi connectivity index (χ1v) is 85.5. The maximum absolute atomic E-state index is 4.33. The summed E-state index contributed by atoms with van der Waals surface area (Å²) in [4.78, 5) is 0. The van der Waals surface area contributed by atoms with Crippen molar-refractivity contribution in [3.8, 4) is 0 Å². The zero-order valence-corrected chi connectivity index (χ0v) is 88.8. The van der Waals surface area contributed by atoms with E-state index < -0.39 is 105 Å². The molecule has 0 nitrogen and oxygen atoms in total. The van der Waals surface area contributed by atoms with Crippen LogP contribution in [-0.4, -0.2) is 105 Å². The van der Waals surface area contributed by atoms with Crippen LogP contribution in [0, 0.1) is 0 Å². The van der Waals surface area contributed by atoms with Gasteiger partial charge in [-0.05, 0) is 96.7 Å². The molecule has 0 N–H and O–H groups in total. The number of allylic oxidation sites excluding steroid dienone is 16. The minimum Gasteiger partial charge on any atom is -0.103 e. The highest BCUT2D eigenvalue weighted by Gasteiger charge is 2.41. The predicted octanol–water partition coefficient (Wildman–Crippen LogP) is 36.0. The van der Waals surface area contributed by atoms with Crippen molar-refractivity contribution in [2.75, 3.05) is 0 Å². The molecule has 0 aromatic carbocycles. The molecule has 0 bridgehead atoms. The van der Waals surface area contributed by atoms with Crippen LogP contribution in [0.25, 0.3) is 0 Å². The van der Waals surface area contributed by atoms with Crippen LogP contribution in [0.2, 0.25) is 320 Å². The third-order valence-electron chi connectivity index (χ3n) is 28.6. The molecular weight excluding hydrogens is 1520 g/mol. The van der Waals surface area contributed by atoms with Crippen molar-refractivity contribution in [3.63, 3.8) is 0 Å². The average Bonchev–Trinajstić information content (AvgIpc) is 0.839. The molecule has 13 heteroatoms. The third-order valence-corrected chi connectivity index (χ3v) is 85.9. The molecule has 0 amide bonds. The topological polar surface area (TPSA) is 0 Å². The van der Waals surface area contributed by atoms with Crippen molar-refractivity contribution in [1.29, 1.82) is 0 Å². The van der Waals surface area contributed by atoms with Crippen LogP contribution < -0.4 is 0 Å². The monoisotopic (exact) mass is 1710 g/mol. The number of rotatable bonds is 80. The molecule has 0 aliphatic heterocycles. The summed E-state index contributed by atoms with van der Waals surface area (Å²) < 4.78 is 0. The second-order valence-corrected chi connectivity index (χ2v) is 106. The van der Waals surface area contributed by atoms with Gasteiger partial charge in [-0.3, -0.25) is 0 Å². The smallest absolute Gasteiger partial charge is 0.0579 e. The molecule has 0 heterocycles. The van der Waals surface area contributed by atoms with Crippen LogP contribution in [-0.2, 0) is 0 Å². The summed E-state index contributed by atoms with van der Waals surface area (Å²) in [5, 5.41) is 0. The Labute approximate surface area is 698 Å². The first kappa shape index (κ1) is 108. The lowest BCUT2D eigenvalue weighted by Crippen LogP contribution is -2.39. The molecule has 624 valence electrons. The molecule has 0 saturated heterocycles. The first-order valence-electron chi connectivity index (χ1n) is 45.2. The van der Waals surface area contributed by atoms with Gasteiger partial charge in [0.15, 0.2) is 0 Å². The van der Waals surface area contributed by atoms with Crippen LogP contribution in [0.5, 0.6) is 0 Å². The molecule has 0 aromatic rings. The molecule has 0 aliphatic rings. The molecule has 0 unspecified atom stereocenters. The highest BCUT2D eigenvalue weighted by atomic mass is 28.4. The lowest BCUT2D eigenvalue weighted by molar-refractivity contribution is 0.833. The summed E-state index contributed by atoms with van der Waals surface area (Å²) in [6.07, 6.45) is 53.5. The number of hydrogen-bond donors (Lipinski definition) is 0. The Bertz CT molecular complexity index is 2080. The van der Waals surface area contributed by atoms with Gasteiger partial charge in [0, 0.05) is 0 Å². The second kappa shape index (κ2) is 56.9. The molecule has 0 spiro atoms. The van der Waals surface area contributed by atoms with Crippen LogP contribution in [0.1, 0.15) is 77.0 Å². The fourth-order valence-corrected chi connectivity index (χ4v) is 70.0. The normalized spacial score (nSPS) is 13.2. The van der Waals surface area contributed by atoms with E-state index in [0.29, 0.717) is 0 Å². The van der Waals surface area contributed by atoms with Crippen LogP contribution in [0.3, 0.4) is 0 Å². The highest BCUT2D eigenvalue weighted by Crippen LogP contribution is 2.45. The molecule has 109 heavy (non-hydrogen) atoms. The molecule has 0 aliphatic carbocycles. The van der Waals surface area contributed by atoms with Gasteiger partial charge in [0.1, 0.15) is 0 Å². The zero-order valence-electron chi connectivity index (χ0n) is 75.8. The van der Waals surface area contributed by atoms with Gasteiger partial charge < -0.3 is 0 Å². The molecule has 0 fully saturated rings. The minimum absolute atomic E-state index is 1.22. The van der Waals surface area contributed by atoms with Gasteiger partial charge in [-0.1, -0.05) is 398 Å². The molecule has 0 atom stereocenters. The Hall–Kier alpha value is -1.34. The van der Waals surface area contributed by atoms with Crippen LogP contribution in [0.4, 0.5) is 0 Å². The number of hydrogen-bond acceptors (Lipinski definition) is 0. The zero-order chi connectivity index (χ0) is 82.6. The highest BCUT2D eigenvalue weighted by molar-refractivity contribution is 6.86. The Morgan fingerprint density at radius 1 is 0.119 bits per heavy atom. The van der Waals surface area contributed by atoms with Crippen LogP contribution in [0.15, 0.2) is 202 Å². The summed E-state index contributed by atoms with van der Waals surface area (Å²) in [6, 6.07) is 55.5. The summed E-state index contributed by atoms with van der Waals surface area (Å²) in [6.45, 7) is 102. The van der Waals surface area contributed by atoms with Gasteiger partial charge in [-0.2, -0.15) is 0 Å². The fourth-order valence-electron chi connectivity index (χ4n) is 21.2. The fraction of sp³-hybridized carbons (Fsp3) is 0.667. The van der Waals surface area contributed by atoms with Gasteiger partial charge in [0.2, 0.25) is 0 Å². The van der Waals surface area contributed by atoms with E-state index >= 15 is 0 Å². The Morgan fingerprint density at radius 3 is 0.275 bits per heavy atom. The van der Waals surface area contributed by atoms with Crippen molar-refractivity contribution >= 4 is 105 Å². The molecule has 0 radical (unpaired) electrons. The minimum atomic E-state index is -1.89. The van der Waals surface area contributed by atoms with Gasteiger partial charge >= 0.3 is 0 Å². The van der Waals surface area contributed by atoms with Gasteiger partial charge in [-0.25, -0.2) is 0 Å². The molecule has 0 saturated carbocycles. The predicted molar refractivity (Wildman–Crippen MR) is 556 cm³/mol. The lowest BCUT2D eigenvalue weighted by Gasteiger charge is -2.39. The van der Waals surface area contributed by atoms with Crippen LogP contribution >= 0.6 is 0 Å². The standard InChI is InChI=1S/C96H188Si13/c1-29-57-97(17,58-30-2)73-45-81-105(25,82-46-74-98(18,59-31-3)60-32-4)89-53-93-109(94-54-90-106(26,83-47-75-99(19,61-33-5)62-34-6)84-48-76-100(20,63-35-7)64-36-8,95-55-91-107(27,85-49-77-101(21,65-37-9)66-38-10)86-50-78-102(22,67-39-11)68-40-12)96-56-92-108(28,87-51-79-103(23,69-41-13)70-42-14)88-52-80-104(24,71-43-15)72-44-16/h29-44H,1-16,45-96H2,17-28H3. The van der Waals surface area contributed by atoms with Crippen molar-refractivity contribution in [1.82, 2.24) is 0 Å². The SMILES string of the molecule is C=CC[Si](C)(CC=C)CCC[Si](C)(CCC[Si](C)(CC=C)CC=C)CCC[Si](CCC[Si](C)(CCC[Si](C)(CC=C)CC=C)CCC[Si](C)(CC=C)CC=C)(CCC[Si](C)(CCC[Si](C)(CC=C)CC=C)CCC[Si](C)(CC=C)CC=C)CCC[Si](C)(CCC[Si](C)(CC=C)CC=C)CCC[Si](C)(CC=C)CC=C. The van der Waals surface area contributed by atoms with E-state index in [2.05, 4.69) is 281 Å². The molecule has 0 aromatic heterocycles. The van der Waals surface area contributed by atoms with E-state index in [1.165, 1.54) is 295 Å². The second-order valence-electron chi connectivity index (χ2n) is 41.4. The van der Waals surface area contributed by atoms with E-state index in [9.17, 15) is 0 Å². The van der Waals surface area contributed by atoms with Gasteiger partial charge in [0.05, 0.1) is 105 Å². The van der Waals surface area contributed by atoms with Gasteiger partial charge in [0.25, 0.3) is 0 Å². The lowest BCUT2D eigenvalue weighted by atomic mass is 10.5. The summed E-state index contributed by atoms with van der Waals surface area (Å²) in [5.74, 6) is 0. The average molecular weight is 1710 g/mol. The van der Waals surface area contributed by atoms with E-state index in [0.717, 1.165) is 0 Å². The summed E-state index contributed by atoms with van der Waals surface area (Å²) >= 11 is 0. The van der Waals surface area contributed by atoms with E-state index in [-0.39, 0.29) is 0 Å². The Balaban J connectivity index is 9.07. The van der Waals surface area contributed by atoms with Gasteiger partial charge in [-0.15, -0.1) is 105 Å². The van der Waals surface area contributed by atoms with E-state index in [4.69, 9.17) is 0 Å². The van der Waals surface area contributed by atoms with Crippen molar-refractivity contribution in [3.05, 3.63) is 202 Å². The maximum Gasteiger partial charge on any atom is 0.0579 e. The maximum atomic E-state index is 4.33. The van der Waals surface area contributed by atoms with Crippen molar-refractivity contribution in [2.24, 2.45) is 0 Å². The van der Waals surface area contributed by atoms with Crippen molar-refractivity contribution < 1.29 is 0 Å². The van der Waals surface area contributed by atoms with Crippen molar-refractivity contribution in [2.45, 2.75) is 397 Å². The Morgan fingerprint density at radius 2 is 0.193 bits per heavy atom. The summed E-state index contributed by atoms with van der Waals surface area (Å²) in [7, 11) is -20.4.